The van der Waals surface area contributed by atoms with Gasteiger partial charge in [0.15, 0.2) is 24.6 Å². The SMILES string of the molecule is CCCC/C=C\CCCCCCCC(=O)OC(COC(=O)CCCCCCCCCCCCCCCCCCC)COC1OC(C(=O)O)C(O)C(O)C1OC(=O)CCCCCCCCCCCCCCC. The van der Waals surface area contributed by atoms with Crippen LogP contribution in [0.25, 0.3) is 0 Å². The Morgan fingerprint density at radius 2 is 0.817 bits per heavy atom. The number of allylic oxidation sites excluding steroid dienone is 2. The predicted octanol–water partition coefficient (Wildman–Crippen LogP) is 14.9. The molecule has 1 fully saturated rings. The van der Waals surface area contributed by atoms with Crippen LogP contribution in [0.5, 0.6) is 0 Å². The summed E-state index contributed by atoms with van der Waals surface area (Å²) in [7, 11) is 0. The second-order valence-corrected chi connectivity index (χ2v) is 20.6. The first kappa shape index (κ1) is 66.5. The molecule has 71 heavy (non-hydrogen) atoms. The highest BCUT2D eigenvalue weighted by molar-refractivity contribution is 5.74. The number of esters is 3. The summed E-state index contributed by atoms with van der Waals surface area (Å²) in [5.74, 6) is -3.09. The Balaban J connectivity index is 2.65. The number of ether oxygens (including phenoxy) is 5. The quantitative estimate of drug-likeness (QED) is 0.0228. The van der Waals surface area contributed by atoms with Crippen LogP contribution in [-0.2, 0) is 42.9 Å². The zero-order valence-electron chi connectivity index (χ0n) is 45.7. The molecular weight excluding hydrogens is 901 g/mol. The third-order valence-corrected chi connectivity index (χ3v) is 13.8. The van der Waals surface area contributed by atoms with Crippen molar-refractivity contribution in [2.45, 2.75) is 327 Å². The van der Waals surface area contributed by atoms with Crippen molar-refractivity contribution in [3.63, 3.8) is 0 Å². The lowest BCUT2D eigenvalue weighted by Gasteiger charge is -2.40. The standard InChI is InChI=1S/C59H108O12/c1-4-7-10-13-16-19-22-24-25-26-27-29-31-33-36-39-42-45-51(60)67-48-50(69-52(61)46-43-40-37-34-30-21-18-15-12-9-6-3)49-68-59-57(55(64)54(63)56(71-59)58(65)66)70-53(62)47-44-41-38-35-32-28-23-20-17-14-11-8-5-2/h15,18,50,54-57,59,63-64H,4-14,16-17,19-49H2,1-3H3,(H,65,66)/b18-15-. The number of hydrogen-bond donors (Lipinski definition) is 3. The third kappa shape index (κ3) is 38.7. The van der Waals surface area contributed by atoms with Gasteiger partial charge in [0.05, 0.1) is 6.61 Å². The Kier molecular flexibility index (Phi) is 45.3. The number of carbonyl (C=O) groups excluding carboxylic acids is 3. The summed E-state index contributed by atoms with van der Waals surface area (Å²) in [6.45, 7) is 5.97. The van der Waals surface area contributed by atoms with Crippen molar-refractivity contribution in [3.8, 4) is 0 Å². The van der Waals surface area contributed by atoms with Crippen LogP contribution in [0.2, 0.25) is 0 Å². The van der Waals surface area contributed by atoms with Crippen LogP contribution < -0.4 is 0 Å². The minimum atomic E-state index is -1.90. The van der Waals surface area contributed by atoms with Gasteiger partial charge >= 0.3 is 23.9 Å². The van der Waals surface area contributed by atoms with E-state index in [-0.39, 0.29) is 25.9 Å². The van der Waals surface area contributed by atoms with Crippen molar-refractivity contribution in [3.05, 3.63) is 12.2 Å². The van der Waals surface area contributed by atoms with Gasteiger partial charge in [-0.3, -0.25) is 14.4 Å². The summed E-state index contributed by atoms with van der Waals surface area (Å²) >= 11 is 0. The van der Waals surface area contributed by atoms with Crippen molar-refractivity contribution in [1.29, 1.82) is 0 Å². The van der Waals surface area contributed by atoms with Gasteiger partial charge in [-0.1, -0.05) is 245 Å². The highest BCUT2D eigenvalue weighted by atomic mass is 16.7. The van der Waals surface area contributed by atoms with E-state index in [0.29, 0.717) is 19.3 Å². The Labute approximate surface area is 433 Å². The molecule has 12 heteroatoms. The Morgan fingerprint density at radius 3 is 1.24 bits per heavy atom. The molecule has 0 aromatic heterocycles. The number of carboxylic acid groups (broad SMARTS) is 1. The van der Waals surface area contributed by atoms with E-state index >= 15 is 0 Å². The van der Waals surface area contributed by atoms with Gasteiger partial charge in [0.25, 0.3) is 0 Å². The minimum absolute atomic E-state index is 0.0673. The van der Waals surface area contributed by atoms with Gasteiger partial charge in [0.2, 0.25) is 0 Å². The average Bonchev–Trinajstić information content (AvgIpc) is 3.35. The molecular formula is C59H108O12. The summed E-state index contributed by atoms with van der Waals surface area (Å²) in [6, 6.07) is 0. The Morgan fingerprint density at radius 1 is 0.451 bits per heavy atom. The number of aliphatic carboxylic acids is 1. The van der Waals surface area contributed by atoms with Gasteiger partial charge in [0, 0.05) is 19.3 Å². The smallest absolute Gasteiger partial charge is 0.335 e. The highest BCUT2D eigenvalue weighted by Crippen LogP contribution is 2.27. The summed E-state index contributed by atoms with van der Waals surface area (Å²) in [5.41, 5.74) is 0. The molecule has 1 heterocycles. The Hall–Kier alpha value is -2.54. The molecule has 0 saturated carbocycles. The molecule has 0 aromatic carbocycles. The van der Waals surface area contributed by atoms with Gasteiger partial charge in [0.1, 0.15) is 18.8 Å². The topological polar surface area (TPSA) is 175 Å². The number of aliphatic hydroxyl groups is 2. The molecule has 0 amide bonds. The molecule has 0 aliphatic carbocycles. The summed E-state index contributed by atoms with van der Waals surface area (Å²) in [5, 5.41) is 31.4. The molecule has 1 rings (SSSR count). The lowest BCUT2D eigenvalue weighted by molar-refractivity contribution is -0.301. The maximum atomic E-state index is 13.1. The second-order valence-electron chi connectivity index (χ2n) is 20.6. The van der Waals surface area contributed by atoms with Gasteiger partial charge in [-0.05, 0) is 38.5 Å². The first-order valence-corrected chi connectivity index (χ1v) is 29.7. The van der Waals surface area contributed by atoms with E-state index in [2.05, 4.69) is 32.9 Å². The van der Waals surface area contributed by atoms with Crippen molar-refractivity contribution in [2.75, 3.05) is 13.2 Å². The van der Waals surface area contributed by atoms with E-state index in [1.165, 1.54) is 154 Å². The van der Waals surface area contributed by atoms with E-state index in [4.69, 9.17) is 23.7 Å². The number of aliphatic hydroxyl groups excluding tert-OH is 2. The van der Waals surface area contributed by atoms with E-state index < -0.39 is 67.3 Å². The van der Waals surface area contributed by atoms with Crippen molar-refractivity contribution in [1.82, 2.24) is 0 Å². The fraction of sp³-hybridized carbons (Fsp3) is 0.898. The molecule has 1 aliphatic rings. The van der Waals surface area contributed by atoms with Crippen LogP contribution in [0.3, 0.4) is 0 Å². The molecule has 6 atom stereocenters. The molecule has 1 saturated heterocycles. The van der Waals surface area contributed by atoms with Gasteiger partial charge in [-0.2, -0.15) is 0 Å². The fourth-order valence-corrected chi connectivity index (χ4v) is 9.23. The van der Waals surface area contributed by atoms with E-state index in [1.54, 1.807) is 0 Å². The van der Waals surface area contributed by atoms with Crippen LogP contribution in [0.4, 0.5) is 0 Å². The Bertz CT molecular complexity index is 1290. The van der Waals surface area contributed by atoms with Gasteiger partial charge in [-0.25, -0.2) is 4.79 Å². The van der Waals surface area contributed by atoms with Crippen molar-refractivity contribution in [2.24, 2.45) is 0 Å². The minimum Gasteiger partial charge on any atom is -0.479 e. The number of carboxylic acids is 1. The molecule has 6 unspecified atom stereocenters. The normalized spacial score (nSPS) is 18.5. The molecule has 416 valence electrons. The predicted molar refractivity (Wildman–Crippen MR) is 285 cm³/mol. The second kappa shape index (κ2) is 48.4. The molecule has 0 aromatic rings. The monoisotopic (exact) mass is 1010 g/mol. The van der Waals surface area contributed by atoms with Gasteiger partial charge in [-0.15, -0.1) is 0 Å². The lowest BCUT2D eigenvalue weighted by Crippen LogP contribution is -2.61. The van der Waals surface area contributed by atoms with Gasteiger partial charge < -0.3 is 39.0 Å². The van der Waals surface area contributed by atoms with Crippen LogP contribution in [0.15, 0.2) is 12.2 Å². The zero-order chi connectivity index (χ0) is 51.8. The van der Waals surface area contributed by atoms with E-state index in [0.717, 1.165) is 77.0 Å². The maximum absolute atomic E-state index is 13.1. The van der Waals surface area contributed by atoms with E-state index in [9.17, 15) is 34.5 Å². The van der Waals surface area contributed by atoms with Crippen LogP contribution in [0, 0.1) is 0 Å². The molecule has 0 radical (unpaired) electrons. The zero-order valence-corrected chi connectivity index (χ0v) is 45.7. The maximum Gasteiger partial charge on any atom is 0.335 e. The summed E-state index contributed by atoms with van der Waals surface area (Å²) in [4.78, 5) is 51.0. The number of hydrogen-bond acceptors (Lipinski definition) is 11. The fourth-order valence-electron chi connectivity index (χ4n) is 9.23. The molecule has 0 spiro atoms. The first-order valence-electron chi connectivity index (χ1n) is 29.7. The molecule has 3 N–H and O–H groups in total. The van der Waals surface area contributed by atoms with Crippen LogP contribution in [-0.4, -0.2) is 89.2 Å². The third-order valence-electron chi connectivity index (χ3n) is 13.8. The van der Waals surface area contributed by atoms with Crippen molar-refractivity contribution >= 4 is 23.9 Å². The molecule has 12 nitrogen and oxygen atoms in total. The number of unbranched alkanes of at least 4 members (excludes halogenated alkanes) is 35. The molecule has 0 bridgehead atoms. The van der Waals surface area contributed by atoms with E-state index in [1.807, 2.05) is 0 Å². The average molecular weight is 1010 g/mol. The summed E-state index contributed by atoms with van der Waals surface area (Å²) in [6.07, 6.45) is 40.5. The number of carbonyl (C=O) groups is 4. The highest BCUT2D eigenvalue weighted by Gasteiger charge is 2.50. The van der Waals surface area contributed by atoms with Crippen LogP contribution in [0.1, 0.15) is 290 Å². The first-order chi connectivity index (χ1) is 34.6. The largest absolute Gasteiger partial charge is 0.479 e. The van der Waals surface area contributed by atoms with Crippen LogP contribution >= 0.6 is 0 Å². The van der Waals surface area contributed by atoms with Crippen molar-refractivity contribution < 1.29 is 58.2 Å². The summed E-state index contributed by atoms with van der Waals surface area (Å²) < 4.78 is 28.4. The lowest BCUT2D eigenvalue weighted by atomic mass is 9.98. The molecule has 1 aliphatic heterocycles. The number of rotatable bonds is 51.